The third-order valence-corrected chi connectivity index (χ3v) is 3.02. The normalized spacial score (nSPS) is 10.5. The van der Waals surface area contributed by atoms with Crippen molar-refractivity contribution in [1.29, 1.82) is 0 Å². The number of hydrogen-bond acceptors (Lipinski definition) is 5. The first kappa shape index (κ1) is 9.97. The van der Waals surface area contributed by atoms with Crippen LogP contribution >= 0.6 is 11.8 Å². The molecule has 0 aliphatic heterocycles. The van der Waals surface area contributed by atoms with Gasteiger partial charge in [0.1, 0.15) is 5.03 Å². The van der Waals surface area contributed by atoms with Crippen molar-refractivity contribution in [1.82, 2.24) is 19.7 Å². The molecule has 0 saturated heterocycles. The van der Waals surface area contributed by atoms with E-state index in [4.69, 9.17) is 5.73 Å². The molecule has 0 radical (unpaired) electrons. The van der Waals surface area contributed by atoms with Gasteiger partial charge in [-0.1, -0.05) is 0 Å². The molecular formula is C9H11N5S. The van der Waals surface area contributed by atoms with Gasteiger partial charge in [-0.2, -0.15) is 5.10 Å². The van der Waals surface area contributed by atoms with Gasteiger partial charge in [0.25, 0.3) is 0 Å². The van der Waals surface area contributed by atoms with Gasteiger partial charge >= 0.3 is 0 Å². The number of nitrogens with zero attached hydrogens (tertiary/aromatic N) is 4. The van der Waals surface area contributed by atoms with Crippen molar-refractivity contribution in [3.05, 3.63) is 24.2 Å². The lowest BCUT2D eigenvalue weighted by molar-refractivity contribution is 0.692. The van der Waals surface area contributed by atoms with Crippen LogP contribution in [0.1, 0.15) is 5.69 Å². The first-order valence-corrected chi connectivity index (χ1v) is 5.24. The van der Waals surface area contributed by atoms with Gasteiger partial charge in [0, 0.05) is 19.4 Å². The lowest BCUT2D eigenvalue weighted by Crippen LogP contribution is -1.95. The summed E-state index contributed by atoms with van der Waals surface area (Å²) in [5, 5.41) is 5.77. The van der Waals surface area contributed by atoms with Crippen LogP contribution in [0.2, 0.25) is 0 Å². The molecule has 0 amide bonds. The van der Waals surface area contributed by atoms with Crippen LogP contribution in [0.4, 0.5) is 5.69 Å². The van der Waals surface area contributed by atoms with E-state index < -0.39 is 0 Å². The third-order valence-electron chi connectivity index (χ3n) is 1.94. The Morgan fingerprint density at radius 2 is 2.00 bits per heavy atom. The second kappa shape index (κ2) is 3.90. The van der Waals surface area contributed by atoms with E-state index in [-0.39, 0.29) is 0 Å². The van der Waals surface area contributed by atoms with Gasteiger partial charge in [0.05, 0.1) is 11.4 Å². The first-order valence-electron chi connectivity index (χ1n) is 4.42. The Hall–Kier alpha value is -1.56. The number of hydrogen-bond donors (Lipinski definition) is 1. The molecule has 0 bridgehead atoms. The van der Waals surface area contributed by atoms with Crippen molar-refractivity contribution < 1.29 is 0 Å². The van der Waals surface area contributed by atoms with Crippen molar-refractivity contribution in [3.63, 3.8) is 0 Å². The Morgan fingerprint density at radius 1 is 1.33 bits per heavy atom. The predicted molar refractivity (Wildman–Crippen MR) is 58.5 cm³/mol. The molecule has 0 atom stereocenters. The molecule has 6 heteroatoms. The quantitative estimate of drug-likeness (QED) is 0.773. The molecule has 0 unspecified atom stereocenters. The number of rotatable bonds is 2. The summed E-state index contributed by atoms with van der Waals surface area (Å²) in [4.78, 5) is 8.24. The number of nitrogens with two attached hydrogens (primary N) is 1. The monoisotopic (exact) mass is 221 g/mol. The third kappa shape index (κ3) is 1.94. The van der Waals surface area contributed by atoms with Crippen LogP contribution < -0.4 is 5.73 Å². The van der Waals surface area contributed by atoms with Crippen molar-refractivity contribution in [3.8, 4) is 0 Å². The summed E-state index contributed by atoms with van der Waals surface area (Å²) in [6.07, 6.45) is 3.41. The second-order valence-corrected chi connectivity index (χ2v) is 4.02. The second-order valence-electron chi connectivity index (χ2n) is 3.06. The van der Waals surface area contributed by atoms with E-state index in [1.165, 1.54) is 11.8 Å². The number of nitrogen functional groups attached to an aromatic ring is 1. The van der Waals surface area contributed by atoms with Gasteiger partial charge < -0.3 is 5.73 Å². The van der Waals surface area contributed by atoms with Gasteiger partial charge in [-0.25, -0.2) is 9.97 Å². The summed E-state index contributed by atoms with van der Waals surface area (Å²) < 4.78 is 1.74. The van der Waals surface area contributed by atoms with Crippen molar-refractivity contribution in [2.75, 3.05) is 5.73 Å². The summed E-state index contributed by atoms with van der Waals surface area (Å²) in [7, 11) is 1.86. The Morgan fingerprint density at radius 3 is 2.53 bits per heavy atom. The van der Waals surface area contributed by atoms with Crippen LogP contribution in [-0.2, 0) is 7.05 Å². The maximum absolute atomic E-state index is 5.89. The zero-order chi connectivity index (χ0) is 10.8. The lowest BCUT2D eigenvalue weighted by Gasteiger charge is -2.00. The molecule has 2 N–H and O–H groups in total. The van der Waals surface area contributed by atoms with Crippen LogP contribution in [0, 0.1) is 6.92 Å². The molecule has 2 aromatic heterocycles. The molecular weight excluding hydrogens is 210 g/mol. The highest BCUT2D eigenvalue weighted by molar-refractivity contribution is 7.99. The molecule has 0 aromatic carbocycles. The van der Waals surface area contributed by atoms with Crippen molar-refractivity contribution in [2.24, 2.45) is 7.05 Å². The van der Waals surface area contributed by atoms with E-state index in [2.05, 4.69) is 15.1 Å². The Labute approximate surface area is 91.7 Å². The van der Waals surface area contributed by atoms with Crippen LogP contribution in [0.15, 0.2) is 28.6 Å². The minimum atomic E-state index is 0.673. The summed E-state index contributed by atoms with van der Waals surface area (Å²) in [6.45, 7) is 1.88. The minimum Gasteiger partial charge on any atom is -0.395 e. The van der Waals surface area contributed by atoms with Crippen molar-refractivity contribution >= 4 is 17.4 Å². The molecule has 2 rings (SSSR count). The maximum atomic E-state index is 5.89. The van der Waals surface area contributed by atoms with E-state index in [1.54, 1.807) is 23.1 Å². The first-order chi connectivity index (χ1) is 7.18. The Bertz CT molecular complexity index is 465. The number of anilines is 1. The van der Waals surface area contributed by atoms with E-state index >= 15 is 0 Å². The largest absolute Gasteiger partial charge is 0.395 e. The minimum absolute atomic E-state index is 0.673. The molecule has 0 saturated carbocycles. The molecule has 0 fully saturated rings. The molecule has 15 heavy (non-hydrogen) atoms. The van der Waals surface area contributed by atoms with Gasteiger partial charge in [-0.15, -0.1) is 0 Å². The number of aryl methyl sites for hydroxylation is 2. The molecule has 78 valence electrons. The van der Waals surface area contributed by atoms with E-state index in [0.29, 0.717) is 10.8 Å². The summed E-state index contributed by atoms with van der Waals surface area (Å²) in [5.41, 5.74) is 7.41. The van der Waals surface area contributed by atoms with Gasteiger partial charge in [-0.3, -0.25) is 4.68 Å². The Balaban J connectivity index is 2.32. The number of aromatic nitrogens is 4. The van der Waals surface area contributed by atoms with E-state index in [0.717, 1.165) is 10.7 Å². The fraction of sp³-hybridized carbons (Fsp3) is 0.222. The average molecular weight is 221 g/mol. The summed E-state index contributed by atoms with van der Waals surface area (Å²) in [6, 6.07) is 1.78. The predicted octanol–water partition coefficient (Wildman–Crippen LogP) is 1.25. The highest BCUT2D eigenvalue weighted by atomic mass is 32.2. The van der Waals surface area contributed by atoms with Crippen molar-refractivity contribution in [2.45, 2.75) is 17.1 Å². The molecule has 0 aliphatic carbocycles. The standard InChI is InChI=1S/C9H11N5S/c1-6-7(10)8(14(2)13-6)15-9-11-4-3-5-12-9/h3-5H,10H2,1-2H3. The Kier molecular flexibility index (Phi) is 2.59. The van der Waals surface area contributed by atoms with Crippen LogP contribution in [-0.4, -0.2) is 19.7 Å². The molecule has 0 spiro atoms. The van der Waals surface area contributed by atoms with E-state index in [9.17, 15) is 0 Å². The SMILES string of the molecule is Cc1nn(C)c(Sc2ncccn2)c1N. The zero-order valence-corrected chi connectivity index (χ0v) is 9.32. The molecule has 2 heterocycles. The van der Waals surface area contributed by atoms with Crippen LogP contribution in [0.5, 0.6) is 0 Å². The maximum Gasteiger partial charge on any atom is 0.193 e. The molecule has 2 aromatic rings. The highest BCUT2D eigenvalue weighted by Crippen LogP contribution is 2.30. The smallest absolute Gasteiger partial charge is 0.193 e. The fourth-order valence-electron chi connectivity index (χ4n) is 1.20. The molecule has 5 nitrogen and oxygen atoms in total. The van der Waals surface area contributed by atoms with Gasteiger partial charge in [0.2, 0.25) is 0 Å². The highest BCUT2D eigenvalue weighted by Gasteiger charge is 2.12. The zero-order valence-electron chi connectivity index (χ0n) is 8.51. The lowest BCUT2D eigenvalue weighted by atomic mass is 10.4. The van der Waals surface area contributed by atoms with Crippen LogP contribution in [0.25, 0.3) is 0 Å². The van der Waals surface area contributed by atoms with Gasteiger partial charge in [-0.05, 0) is 24.8 Å². The van der Waals surface area contributed by atoms with E-state index in [1.807, 2.05) is 14.0 Å². The summed E-state index contributed by atoms with van der Waals surface area (Å²) in [5.74, 6) is 0. The average Bonchev–Trinajstić information content (AvgIpc) is 2.47. The topological polar surface area (TPSA) is 69.6 Å². The van der Waals surface area contributed by atoms with Crippen LogP contribution in [0.3, 0.4) is 0 Å². The molecule has 0 aliphatic rings. The van der Waals surface area contributed by atoms with Gasteiger partial charge in [0.15, 0.2) is 5.16 Å². The summed E-state index contributed by atoms with van der Waals surface area (Å²) >= 11 is 1.41. The fourth-order valence-corrected chi connectivity index (χ4v) is 2.03.